The molecule has 9 rings (SSSR count). The van der Waals surface area contributed by atoms with Gasteiger partial charge in [0, 0.05) is 9.81 Å². The van der Waals surface area contributed by atoms with Crippen molar-refractivity contribution in [3.8, 4) is 22.3 Å². The Hall–Kier alpha value is -5.37. The Morgan fingerprint density at radius 2 is 0.979 bits per heavy atom. The van der Waals surface area contributed by atoms with Crippen LogP contribution in [0.15, 0.2) is 176 Å². The second-order valence-electron chi connectivity index (χ2n) is 12.9. The van der Waals surface area contributed by atoms with Crippen molar-refractivity contribution in [1.82, 2.24) is 0 Å². The zero-order valence-corrected chi connectivity index (χ0v) is 27.7. The molecule has 0 bridgehead atoms. The van der Waals surface area contributed by atoms with Gasteiger partial charge in [-0.25, -0.2) is 0 Å². The first-order valence-corrected chi connectivity index (χ1v) is 17.6. The predicted octanol–water partition coefficient (Wildman–Crippen LogP) is 12.7. The number of benzene rings is 7. The minimum Gasteiger partial charge on any atom is -0.0895 e. The molecule has 0 nitrogen and oxygen atoms in total. The van der Waals surface area contributed by atoms with Crippen LogP contribution in [0.25, 0.3) is 42.8 Å². The summed E-state index contributed by atoms with van der Waals surface area (Å²) in [4.78, 5) is 2.64. The Bertz CT molecular complexity index is 2380. The van der Waals surface area contributed by atoms with Crippen molar-refractivity contribution in [3.05, 3.63) is 215 Å². The molecule has 0 saturated heterocycles. The second-order valence-corrected chi connectivity index (χ2v) is 14.0. The summed E-state index contributed by atoms with van der Waals surface area (Å²) >= 11 is 1.88. The molecule has 0 radical (unpaired) electrons. The summed E-state index contributed by atoms with van der Waals surface area (Å²) in [5.41, 5.74) is 13.7. The van der Waals surface area contributed by atoms with E-state index >= 15 is 0 Å². The molecule has 228 valence electrons. The van der Waals surface area contributed by atoms with E-state index in [4.69, 9.17) is 0 Å². The minimum absolute atomic E-state index is 0.472. The summed E-state index contributed by atoms with van der Waals surface area (Å²) < 4.78 is 0. The molecule has 1 heterocycles. The maximum absolute atomic E-state index is 2.49. The first-order chi connectivity index (χ1) is 23.7. The summed E-state index contributed by atoms with van der Waals surface area (Å²) in [6, 6.07) is 61.0. The first-order valence-electron chi connectivity index (χ1n) is 16.7. The SMILES string of the molecule is Cc1ccc(C2(c3ccccc3)c3cc(C4=CCC=C(c5ccccc5)S4)ccc3-c3ccc(-c4ccc5ccccc5c4)cc32)cc1. The Morgan fingerprint density at radius 3 is 1.71 bits per heavy atom. The molecule has 0 aromatic heterocycles. The highest BCUT2D eigenvalue weighted by Crippen LogP contribution is 2.58. The van der Waals surface area contributed by atoms with E-state index in [2.05, 4.69) is 183 Å². The van der Waals surface area contributed by atoms with Crippen molar-refractivity contribution in [2.24, 2.45) is 0 Å². The van der Waals surface area contributed by atoms with Gasteiger partial charge in [0.1, 0.15) is 0 Å². The van der Waals surface area contributed by atoms with Gasteiger partial charge in [0.15, 0.2) is 0 Å². The number of hydrogen-bond acceptors (Lipinski definition) is 1. The van der Waals surface area contributed by atoms with Crippen LogP contribution in [0, 0.1) is 6.92 Å². The van der Waals surface area contributed by atoms with E-state index in [0.29, 0.717) is 0 Å². The maximum Gasteiger partial charge on any atom is 0.0714 e. The van der Waals surface area contributed by atoms with Gasteiger partial charge in [0.2, 0.25) is 0 Å². The van der Waals surface area contributed by atoms with Crippen LogP contribution in [0.4, 0.5) is 0 Å². The lowest BCUT2D eigenvalue weighted by atomic mass is 9.67. The highest BCUT2D eigenvalue weighted by atomic mass is 32.2. The lowest BCUT2D eigenvalue weighted by Gasteiger charge is -2.34. The predicted molar refractivity (Wildman–Crippen MR) is 206 cm³/mol. The van der Waals surface area contributed by atoms with Crippen LogP contribution in [-0.4, -0.2) is 0 Å². The second kappa shape index (κ2) is 11.7. The van der Waals surface area contributed by atoms with Gasteiger partial charge in [0.05, 0.1) is 5.41 Å². The van der Waals surface area contributed by atoms with E-state index in [1.807, 2.05) is 11.8 Å². The van der Waals surface area contributed by atoms with E-state index in [0.717, 1.165) is 6.42 Å². The van der Waals surface area contributed by atoms with Crippen LogP contribution < -0.4 is 0 Å². The molecular weight excluding hydrogens is 597 g/mol. The van der Waals surface area contributed by atoms with Crippen LogP contribution in [-0.2, 0) is 5.41 Å². The number of fused-ring (bicyclic) bond motifs is 4. The summed E-state index contributed by atoms with van der Waals surface area (Å²) in [7, 11) is 0. The largest absolute Gasteiger partial charge is 0.0895 e. The summed E-state index contributed by atoms with van der Waals surface area (Å²) in [5.74, 6) is 0. The molecule has 0 spiro atoms. The van der Waals surface area contributed by atoms with E-state index in [-0.39, 0.29) is 0 Å². The average molecular weight is 631 g/mol. The molecule has 7 aromatic rings. The number of aryl methyl sites for hydroxylation is 1. The Kier molecular flexibility index (Phi) is 7.03. The Morgan fingerprint density at radius 1 is 0.438 bits per heavy atom. The van der Waals surface area contributed by atoms with E-state index in [1.165, 1.54) is 81.8 Å². The van der Waals surface area contributed by atoms with E-state index in [9.17, 15) is 0 Å². The molecule has 7 aromatic carbocycles. The quantitative estimate of drug-likeness (QED) is 0.182. The zero-order chi connectivity index (χ0) is 32.1. The summed E-state index contributed by atoms with van der Waals surface area (Å²) in [6.07, 6.45) is 5.66. The van der Waals surface area contributed by atoms with Gasteiger partial charge in [-0.2, -0.15) is 0 Å². The van der Waals surface area contributed by atoms with Crippen LogP contribution in [0.5, 0.6) is 0 Å². The Labute approximate surface area is 287 Å². The fourth-order valence-corrected chi connectivity index (χ4v) is 8.83. The third-order valence-electron chi connectivity index (χ3n) is 10.1. The molecule has 2 aliphatic rings. The summed E-state index contributed by atoms with van der Waals surface area (Å²) in [6.45, 7) is 2.18. The zero-order valence-electron chi connectivity index (χ0n) is 26.9. The van der Waals surface area contributed by atoms with Gasteiger partial charge in [-0.05, 0) is 98.0 Å². The lowest BCUT2D eigenvalue weighted by Crippen LogP contribution is -2.28. The van der Waals surface area contributed by atoms with Crippen molar-refractivity contribution in [1.29, 1.82) is 0 Å². The molecule has 0 N–H and O–H groups in total. The molecule has 0 amide bonds. The molecule has 1 aliphatic carbocycles. The van der Waals surface area contributed by atoms with Crippen molar-refractivity contribution in [3.63, 3.8) is 0 Å². The maximum atomic E-state index is 2.49. The van der Waals surface area contributed by atoms with Gasteiger partial charge in [-0.15, -0.1) is 0 Å². The third-order valence-corrected chi connectivity index (χ3v) is 11.3. The smallest absolute Gasteiger partial charge is 0.0714 e. The molecule has 1 atom stereocenters. The summed E-state index contributed by atoms with van der Waals surface area (Å²) in [5, 5.41) is 2.53. The fourth-order valence-electron chi connectivity index (χ4n) is 7.74. The number of allylic oxidation sites excluding steroid dienone is 2. The minimum atomic E-state index is -0.472. The third kappa shape index (κ3) is 4.69. The van der Waals surface area contributed by atoms with Gasteiger partial charge >= 0.3 is 0 Å². The highest BCUT2D eigenvalue weighted by molar-refractivity contribution is 8.16. The molecular formula is C47H34S. The van der Waals surface area contributed by atoms with Gasteiger partial charge in [0.25, 0.3) is 0 Å². The number of thioether (sulfide) groups is 1. The topological polar surface area (TPSA) is 0 Å². The van der Waals surface area contributed by atoms with Crippen LogP contribution in [0.1, 0.15) is 45.4 Å². The molecule has 1 heteroatoms. The van der Waals surface area contributed by atoms with Crippen molar-refractivity contribution < 1.29 is 0 Å². The lowest BCUT2D eigenvalue weighted by molar-refractivity contribution is 0.768. The molecule has 1 aliphatic heterocycles. The van der Waals surface area contributed by atoms with Gasteiger partial charge in [-0.3, -0.25) is 0 Å². The average Bonchev–Trinajstić information content (AvgIpc) is 3.45. The van der Waals surface area contributed by atoms with Crippen molar-refractivity contribution in [2.75, 3.05) is 0 Å². The van der Waals surface area contributed by atoms with Crippen LogP contribution >= 0.6 is 11.8 Å². The number of hydrogen-bond donors (Lipinski definition) is 0. The van der Waals surface area contributed by atoms with Crippen molar-refractivity contribution in [2.45, 2.75) is 18.8 Å². The van der Waals surface area contributed by atoms with E-state index < -0.39 is 5.41 Å². The monoisotopic (exact) mass is 630 g/mol. The standard InChI is InChI=1S/C47H34S/c1-32-19-25-40(26-20-32)47(39-15-6-3-7-16-39)43-30-37(36-22-21-33-11-8-9-14-35(33)29-36)23-27-41(43)42-28-24-38(31-44(42)47)46-18-10-17-45(48-46)34-12-4-2-5-13-34/h2-9,11-31H,10H2,1H3. The molecule has 0 fully saturated rings. The highest BCUT2D eigenvalue weighted by Gasteiger charge is 2.46. The van der Waals surface area contributed by atoms with Crippen LogP contribution in [0.3, 0.4) is 0 Å². The molecule has 0 saturated carbocycles. The van der Waals surface area contributed by atoms with Crippen molar-refractivity contribution >= 4 is 32.3 Å². The number of rotatable bonds is 5. The molecule has 1 unspecified atom stereocenters. The van der Waals surface area contributed by atoms with Gasteiger partial charge < -0.3 is 0 Å². The fraction of sp³-hybridized carbons (Fsp3) is 0.0638. The van der Waals surface area contributed by atoms with Gasteiger partial charge in [-0.1, -0.05) is 175 Å². The molecule has 48 heavy (non-hydrogen) atoms. The van der Waals surface area contributed by atoms with E-state index in [1.54, 1.807) is 0 Å². The van der Waals surface area contributed by atoms with Crippen LogP contribution in [0.2, 0.25) is 0 Å². The normalized spacial score (nSPS) is 16.6. The first kappa shape index (κ1) is 28.8. The Balaban J connectivity index is 1.26.